The standard InChI is InChI=1S/C26H34F2O3/c1-3-5-6-7-21-11-8-19(17-30-21)18-31-22-12-9-20(10-13-22)23-14-15-24(29-16-4-2)26(28)25(23)27/h9-10,12-15,19,21H,3-8,11,16-18H2,1-2H3. The van der Waals surface area contributed by atoms with Gasteiger partial charge in [0.25, 0.3) is 0 Å². The van der Waals surface area contributed by atoms with Crippen molar-refractivity contribution >= 4 is 0 Å². The van der Waals surface area contributed by atoms with Crippen LogP contribution in [0, 0.1) is 17.6 Å². The number of benzene rings is 2. The predicted molar refractivity (Wildman–Crippen MR) is 120 cm³/mol. The molecule has 3 rings (SSSR count). The molecule has 0 amide bonds. The molecule has 2 aromatic carbocycles. The maximum absolute atomic E-state index is 14.5. The molecule has 3 nitrogen and oxygen atoms in total. The van der Waals surface area contributed by atoms with E-state index in [2.05, 4.69) is 6.92 Å². The Hall–Kier alpha value is -2.14. The topological polar surface area (TPSA) is 27.7 Å². The lowest BCUT2D eigenvalue weighted by Gasteiger charge is -2.29. The highest BCUT2D eigenvalue weighted by atomic mass is 19.2. The van der Waals surface area contributed by atoms with Crippen molar-refractivity contribution in [2.45, 2.75) is 64.9 Å². The zero-order valence-corrected chi connectivity index (χ0v) is 18.7. The van der Waals surface area contributed by atoms with Crippen molar-refractivity contribution in [3.05, 3.63) is 48.0 Å². The Bertz CT molecular complexity index is 799. The summed E-state index contributed by atoms with van der Waals surface area (Å²) >= 11 is 0. The van der Waals surface area contributed by atoms with Crippen LogP contribution >= 0.6 is 0 Å². The molecule has 2 atom stereocenters. The summed E-state index contributed by atoms with van der Waals surface area (Å²) in [5.41, 5.74) is 0.810. The Morgan fingerprint density at radius 3 is 2.39 bits per heavy atom. The highest BCUT2D eigenvalue weighted by molar-refractivity contribution is 5.66. The molecule has 31 heavy (non-hydrogen) atoms. The summed E-state index contributed by atoms with van der Waals surface area (Å²) in [4.78, 5) is 0. The molecule has 0 spiro atoms. The van der Waals surface area contributed by atoms with E-state index in [1.807, 2.05) is 6.92 Å². The lowest BCUT2D eigenvalue weighted by Crippen LogP contribution is -2.29. The number of hydrogen-bond acceptors (Lipinski definition) is 3. The molecule has 1 saturated heterocycles. The molecular formula is C26H34F2O3. The Balaban J connectivity index is 1.50. The molecule has 1 heterocycles. The summed E-state index contributed by atoms with van der Waals surface area (Å²) in [5.74, 6) is -0.779. The van der Waals surface area contributed by atoms with Gasteiger partial charge in [-0.3, -0.25) is 0 Å². The molecule has 0 N–H and O–H groups in total. The molecule has 0 radical (unpaired) electrons. The van der Waals surface area contributed by atoms with Gasteiger partial charge in [-0.25, -0.2) is 4.39 Å². The molecule has 0 saturated carbocycles. The normalized spacial score (nSPS) is 18.7. The molecule has 2 unspecified atom stereocenters. The smallest absolute Gasteiger partial charge is 0.201 e. The van der Waals surface area contributed by atoms with Crippen molar-refractivity contribution < 1.29 is 23.0 Å². The fraction of sp³-hybridized carbons (Fsp3) is 0.538. The summed E-state index contributed by atoms with van der Waals surface area (Å²) in [7, 11) is 0. The summed E-state index contributed by atoms with van der Waals surface area (Å²) in [5, 5.41) is 0. The van der Waals surface area contributed by atoms with Gasteiger partial charge in [-0.05, 0) is 55.5 Å². The van der Waals surface area contributed by atoms with Crippen LogP contribution in [0.4, 0.5) is 8.78 Å². The third-order valence-electron chi connectivity index (χ3n) is 5.75. The van der Waals surface area contributed by atoms with E-state index in [1.165, 1.54) is 25.3 Å². The van der Waals surface area contributed by atoms with Crippen LogP contribution in [0.5, 0.6) is 11.5 Å². The number of unbranched alkanes of at least 4 members (excludes halogenated alkanes) is 2. The molecule has 2 aromatic rings. The number of rotatable bonds is 11. The van der Waals surface area contributed by atoms with E-state index in [0.29, 0.717) is 30.8 Å². The molecule has 0 bridgehead atoms. The van der Waals surface area contributed by atoms with Gasteiger partial charge in [0.1, 0.15) is 5.75 Å². The third-order valence-corrected chi connectivity index (χ3v) is 5.75. The quantitative estimate of drug-likeness (QED) is 0.352. The van der Waals surface area contributed by atoms with Crippen molar-refractivity contribution in [3.8, 4) is 22.6 Å². The molecule has 1 aliphatic rings. The van der Waals surface area contributed by atoms with Crippen LogP contribution in [0.3, 0.4) is 0 Å². The van der Waals surface area contributed by atoms with Gasteiger partial charge in [0, 0.05) is 11.5 Å². The van der Waals surface area contributed by atoms with E-state index in [1.54, 1.807) is 30.3 Å². The molecule has 0 aromatic heterocycles. The van der Waals surface area contributed by atoms with Gasteiger partial charge in [0.05, 0.1) is 25.9 Å². The van der Waals surface area contributed by atoms with E-state index in [0.717, 1.165) is 38.0 Å². The van der Waals surface area contributed by atoms with Crippen molar-refractivity contribution in [3.63, 3.8) is 0 Å². The van der Waals surface area contributed by atoms with Gasteiger partial charge in [-0.1, -0.05) is 45.2 Å². The number of ether oxygens (including phenoxy) is 3. The van der Waals surface area contributed by atoms with Gasteiger partial charge < -0.3 is 14.2 Å². The summed E-state index contributed by atoms with van der Waals surface area (Å²) in [6.07, 6.45) is 8.26. The second-order valence-electron chi connectivity index (χ2n) is 8.32. The highest BCUT2D eigenvalue weighted by Crippen LogP contribution is 2.31. The first-order chi connectivity index (χ1) is 15.1. The number of hydrogen-bond donors (Lipinski definition) is 0. The average Bonchev–Trinajstić information content (AvgIpc) is 2.80. The Kier molecular flexibility index (Phi) is 9.13. The maximum Gasteiger partial charge on any atom is 0.201 e. The molecular weight excluding hydrogens is 398 g/mol. The maximum atomic E-state index is 14.5. The van der Waals surface area contributed by atoms with Crippen LogP contribution in [-0.2, 0) is 4.74 Å². The Morgan fingerprint density at radius 2 is 1.71 bits per heavy atom. The predicted octanol–water partition coefficient (Wildman–Crippen LogP) is 7.17. The van der Waals surface area contributed by atoms with E-state index < -0.39 is 11.6 Å². The van der Waals surface area contributed by atoms with Crippen LogP contribution in [0.1, 0.15) is 58.8 Å². The Labute approximate surface area is 184 Å². The van der Waals surface area contributed by atoms with E-state index >= 15 is 0 Å². The van der Waals surface area contributed by atoms with Crippen LogP contribution < -0.4 is 9.47 Å². The van der Waals surface area contributed by atoms with Crippen molar-refractivity contribution in [2.24, 2.45) is 5.92 Å². The highest BCUT2D eigenvalue weighted by Gasteiger charge is 2.22. The third kappa shape index (κ3) is 6.67. The van der Waals surface area contributed by atoms with Gasteiger partial charge in [0.2, 0.25) is 5.82 Å². The molecule has 1 aliphatic heterocycles. The van der Waals surface area contributed by atoms with Crippen molar-refractivity contribution in [2.75, 3.05) is 19.8 Å². The zero-order valence-electron chi connectivity index (χ0n) is 18.7. The van der Waals surface area contributed by atoms with Gasteiger partial charge >= 0.3 is 0 Å². The van der Waals surface area contributed by atoms with E-state index in [-0.39, 0.29) is 11.3 Å². The van der Waals surface area contributed by atoms with Crippen LogP contribution in [-0.4, -0.2) is 25.9 Å². The molecule has 170 valence electrons. The second kappa shape index (κ2) is 12.0. The first kappa shape index (κ1) is 23.5. The minimum atomic E-state index is -0.948. The monoisotopic (exact) mass is 432 g/mol. The second-order valence-corrected chi connectivity index (χ2v) is 8.32. The first-order valence-electron chi connectivity index (χ1n) is 11.6. The van der Waals surface area contributed by atoms with E-state index in [9.17, 15) is 8.78 Å². The van der Waals surface area contributed by atoms with Gasteiger partial charge in [-0.2, -0.15) is 4.39 Å². The average molecular weight is 433 g/mol. The van der Waals surface area contributed by atoms with Gasteiger partial charge in [-0.15, -0.1) is 0 Å². The summed E-state index contributed by atoms with van der Waals surface area (Å²) < 4.78 is 45.9. The first-order valence-corrected chi connectivity index (χ1v) is 11.6. The van der Waals surface area contributed by atoms with Crippen molar-refractivity contribution in [1.82, 2.24) is 0 Å². The zero-order chi connectivity index (χ0) is 22.1. The van der Waals surface area contributed by atoms with Crippen molar-refractivity contribution in [1.29, 1.82) is 0 Å². The lowest BCUT2D eigenvalue weighted by atomic mass is 9.96. The summed E-state index contributed by atoms with van der Waals surface area (Å²) in [6.45, 7) is 5.83. The van der Waals surface area contributed by atoms with E-state index in [4.69, 9.17) is 14.2 Å². The fourth-order valence-corrected chi connectivity index (χ4v) is 3.86. The fourth-order valence-electron chi connectivity index (χ4n) is 3.86. The summed E-state index contributed by atoms with van der Waals surface area (Å²) in [6, 6.07) is 10.1. The molecule has 5 heteroatoms. The SMILES string of the molecule is CCCCCC1CCC(COc2ccc(-c3ccc(OCCC)c(F)c3F)cc2)CO1. The molecule has 1 fully saturated rings. The Morgan fingerprint density at radius 1 is 0.903 bits per heavy atom. The lowest BCUT2D eigenvalue weighted by molar-refractivity contribution is -0.0314. The van der Waals surface area contributed by atoms with Crippen LogP contribution in [0.25, 0.3) is 11.1 Å². The molecule has 0 aliphatic carbocycles. The minimum Gasteiger partial charge on any atom is -0.493 e. The minimum absolute atomic E-state index is 0.0506. The number of halogens is 2. The van der Waals surface area contributed by atoms with Crippen LogP contribution in [0.2, 0.25) is 0 Å². The van der Waals surface area contributed by atoms with Crippen LogP contribution in [0.15, 0.2) is 36.4 Å². The van der Waals surface area contributed by atoms with Gasteiger partial charge in [0.15, 0.2) is 11.6 Å². The largest absolute Gasteiger partial charge is 0.493 e.